The maximum absolute atomic E-state index is 11.8. The molecule has 2 N–H and O–H groups in total. The van der Waals surface area contributed by atoms with E-state index in [0.717, 1.165) is 6.42 Å². The van der Waals surface area contributed by atoms with Crippen LogP contribution in [0.4, 0.5) is 0 Å². The van der Waals surface area contributed by atoms with E-state index < -0.39 is 0 Å². The molecule has 2 aromatic rings. The minimum absolute atomic E-state index is 0.00696. The van der Waals surface area contributed by atoms with Crippen LogP contribution in [-0.4, -0.2) is 26.0 Å². The van der Waals surface area contributed by atoms with Gasteiger partial charge in [-0.3, -0.25) is 4.79 Å². The molecule has 0 aliphatic heterocycles. The molecule has 0 spiro atoms. The average molecular weight is 270 g/mol. The van der Waals surface area contributed by atoms with Gasteiger partial charge in [-0.1, -0.05) is 49.4 Å². The highest BCUT2D eigenvalue weighted by molar-refractivity contribution is 5.85. The van der Waals surface area contributed by atoms with Crippen LogP contribution in [0.3, 0.4) is 0 Å². The SMILES string of the molecule is CNCC(C)C(=O)NCCc1cccc2ccccc12. The van der Waals surface area contributed by atoms with Gasteiger partial charge < -0.3 is 10.6 Å². The van der Waals surface area contributed by atoms with Gasteiger partial charge >= 0.3 is 0 Å². The lowest BCUT2D eigenvalue weighted by atomic mass is 10.0. The van der Waals surface area contributed by atoms with Gasteiger partial charge in [0.2, 0.25) is 5.91 Å². The fraction of sp³-hybridized carbons (Fsp3) is 0.353. The molecule has 20 heavy (non-hydrogen) atoms. The molecular weight excluding hydrogens is 248 g/mol. The van der Waals surface area contributed by atoms with E-state index in [0.29, 0.717) is 13.1 Å². The third-order valence-electron chi connectivity index (χ3n) is 3.53. The van der Waals surface area contributed by atoms with Crippen molar-refractivity contribution in [1.29, 1.82) is 0 Å². The zero-order valence-corrected chi connectivity index (χ0v) is 12.1. The molecule has 0 aliphatic carbocycles. The molecule has 1 amide bonds. The lowest BCUT2D eigenvalue weighted by molar-refractivity contribution is -0.124. The first-order chi connectivity index (χ1) is 9.72. The normalized spacial score (nSPS) is 12.3. The molecular formula is C17H22N2O. The van der Waals surface area contributed by atoms with Crippen LogP contribution in [0, 0.1) is 5.92 Å². The van der Waals surface area contributed by atoms with Crippen molar-refractivity contribution in [2.45, 2.75) is 13.3 Å². The summed E-state index contributed by atoms with van der Waals surface area (Å²) < 4.78 is 0. The molecule has 3 heteroatoms. The van der Waals surface area contributed by atoms with E-state index in [1.165, 1.54) is 16.3 Å². The van der Waals surface area contributed by atoms with E-state index in [1.54, 1.807) is 0 Å². The monoisotopic (exact) mass is 270 g/mol. The Balaban J connectivity index is 1.95. The first kappa shape index (κ1) is 14.5. The second-order valence-electron chi connectivity index (χ2n) is 5.14. The quantitative estimate of drug-likeness (QED) is 0.846. The minimum atomic E-state index is 0.00696. The molecule has 0 heterocycles. The van der Waals surface area contributed by atoms with E-state index in [2.05, 4.69) is 47.0 Å². The Morgan fingerprint density at radius 1 is 1.15 bits per heavy atom. The van der Waals surface area contributed by atoms with Crippen LogP contribution >= 0.6 is 0 Å². The van der Waals surface area contributed by atoms with Crippen molar-refractivity contribution in [1.82, 2.24) is 10.6 Å². The Bertz CT molecular complexity index is 575. The van der Waals surface area contributed by atoms with Gasteiger partial charge in [-0.15, -0.1) is 0 Å². The zero-order valence-electron chi connectivity index (χ0n) is 12.1. The Labute approximate surface area is 120 Å². The smallest absolute Gasteiger partial charge is 0.224 e. The van der Waals surface area contributed by atoms with Crippen LogP contribution < -0.4 is 10.6 Å². The lowest BCUT2D eigenvalue weighted by Crippen LogP contribution is -2.35. The van der Waals surface area contributed by atoms with Crippen LogP contribution in [0.2, 0.25) is 0 Å². The van der Waals surface area contributed by atoms with Gasteiger partial charge in [0, 0.05) is 19.0 Å². The molecule has 2 rings (SSSR count). The molecule has 0 aliphatic rings. The van der Waals surface area contributed by atoms with Crippen molar-refractivity contribution in [3.63, 3.8) is 0 Å². The average Bonchev–Trinajstić information content (AvgIpc) is 2.47. The summed E-state index contributed by atoms with van der Waals surface area (Å²) >= 11 is 0. The first-order valence-electron chi connectivity index (χ1n) is 7.11. The molecule has 1 unspecified atom stereocenters. The van der Waals surface area contributed by atoms with Crippen molar-refractivity contribution >= 4 is 16.7 Å². The summed E-state index contributed by atoms with van der Waals surface area (Å²) in [4.78, 5) is 11.8. The summed E-state index contributed by atoms with van der Waals surface area (Å²) in [7, 11) is 1.86. The molecule has 2 aromatic carbocycles. The number of carbonyl (C=O) groups is 1. The number of nitrogens with one attached hydrogen (secondary N) is 2. The van der Waals surface area contributed by atoms with Crippen LogP contribution in [0.15, 0.2) is 42.5 Å². The van der Waals surface area contributed by atoms with Crippen LogP contribution in [0.5, 0.6) is 0 Å². The highest BCUT2D eigenvalue weighted by Crippen LogP contribution is 2.18. The van der Waals surface area contributed by atoms with Crippen molar-refractivity contribution in [3.05, 3.63) is 48.0 Å². The van der Waals surface area contributed by atoms with E-state index in [4.69, 9.17) is 0 Å². The van der Waals surface area contributed by atoms with Crippen molar-refractivity contribution in [2.75, 3.05) is 20.1 Å². The number of carbonyl (C=O) groups excluding carboxylic acids is 1. The van der Waals surface area contributed by atoms with Gasteiger partial charge in [0.25, 0.3) is 0 Å². The summed E-state index contributed by atoms with van der Waals surface area (Å²) in [5, 5.41) is 8.54. The minimum Gasteiger partial charge on any atom is -0.355 e. The molecule has 0 radical (unpaired) electrons. The summed E-state index contributed by atoms with van der Waals surface area (Å²) in [6.07, 6.45) is 0.860. The third-order valence-corrected chi connectivity index (χ3v) is 3.53. The Morgan fingerprint density at radius 3 is 2.70 bits per heavy atom. The maximum Gasteiger partial charge on any atom is 0.224 e. The topological polar surface area (TPSA) is 41.1 Å². The number of rotatable bonds is 6. The fourth-order valence-corrected chi connectivity index (χ4v) is 2.40. The first-order valence-corrected chi connectivity index (χ1v) is 7.11. The van der Waals surface area contributed by atoms with Crippen molar-refractivity contribution in [2.24, 2.45) is 5.92 Å². The van der Waals surface area contributed by atoms with Crippen LogP contribution in [-0.2, 0) is 11.2 Å². The Morgan fingerprint density at radius 2 is 1.90 bits per heavy atom. The standard InChI is InChI=1S/C17H22N2O/c1-13(12-18-2)17(20)19-11-10-15-8-5-7-14-6-3-4-9-16(14)15/h3-9,13,18H,10-12H2,1-2H3,(H,19,20). The highest BCUT2D eigenvalue weighted by atomic mass is 16.1. The van der Waals surface area contributed by atoms with E-state index in [-0.39, 0.29) is 11.8 Å². The van der Waals surface area contributed by atoms with E-state index in [1.807, 2.05) is 20.0 Å². The molecule has 0 saturated carbocycles. The van der Waals surface area contributed by atoms with Gasteiger partial charge in [0.05, 0.1) is 0 Å². The Kier molecular flexibility index (Phi) is 5.13. The van der Waals surface area contributed by atoms with E-state index >= 15 is 0 Å². The van der Waals surface area contributed by atoms with Gasteiger partial charge in [0.15, 0.2) is 0 Å². The fourth-order valence-electron chi connectivity index (χ4n) is 2.40. The molecule has 1 atom stereocenters. The highest BCUT2D eigenvalue weighted by Gasteiger charge is 2.10. The van der Waals surface area contributed by atoms with Gasteiger partial charge in [-0.25, -0.2) is 0 Å². The molecule has 0 aromatic heterocycles. The maximum atomic E-state index is 11.8. The predicted octanol–water partition coefficient (Wildman–Crippen LogP) is 2.35. The number of amides is 1. The van der Waals surface area contributed by atoms with Crippen LogP contribution in [0.25, 0.3) is 10.8 Å². The third kappa shape index (κ3) is 3.58. The Hall–Kier alpha value is -1.87. The molecule has 0 bridgehead atoms. The molecule has 106 valence electrons. The second-order valence-corrected chi connectivity index (χ2v) is 5.14. The summed E-state index contributed by atoms with van der Waals surface area (Å²) in [6, 6.07) is 14.7. The van der Waals surface area contributed by atoms with Crippen LogP contribution in [0.1, 0.15) is 12.5 Å². The number of hydrogen-bond acceptors (Lipinski definition) is 2. The van der Waals surface area contributed by atoms with E-state index in [9.17, 15) is 4.79 Å². The number of benzene rings is 2. The molecule has 3 nitrogen and oxygen atoms in total. The molecule has 0 saturated heterocycles. The van der Waals surface area contributed by atoms with Gasteiger partial charge in [-0.05, 0) is 29.8 Å². The predicted molar refractivity (Wildman–Crippen MR) is 83.8 cm³/mol. The summed E-state index contributed by atoms with van der Waals surface area (Å²) in [6.45, 7) is 3.32. The lowest BCUT2D eigenvalue weighted by Gasteiger charge is -2.12. The van der Waals surface area contributed by atoms with Crippen molar-refractivity contribution < 1.29 is 4.79 Å². The van der Waals surface area contributed by atoms with Crippen molar-refractivity contribution in [3.8, 4) is 0 Å². The van der Waals surface area contributed by atoms with Gasteiger partial charge in [0.1, 0.15) is 0 Å². The summed E-state index contributed by atoms with van der Waals surface area (Å²) in [5.41, 5.74) is 1.28. The van der Waals surface area contributed by atoms with Gasteiger partial charge in [-0.2, -0.15) is 0 Å². The zero-order chi connectivity index (χ0) is 14.4. The largest absolute Gasteiger partial charge is 0.355 e. The number of hydrogen-bond donors (Lipinski definition) is 2. The second kappa shape index (κ2) is 7.06. The molecule has 0 fully saturated rings. The number of fused-ring (bicyclic) bond motifs is 1. The summed E-state index contributed by atoms with van der Waals surface area (Å²) in [5.74, 6) is 0.118.